The highest BCUT2D eigenvalue weighted by Crippen LogP contribution is 2.35. The molecule has 1 heterocycles. The van der Waals surface area contributed by atoms with Gasteiger partial charge in [-0.25, -0.2) is 0 Å². The van der Waals surface area contributed by atoms with Crippen LogP contribution >= 0.6 is 34.8 Å². The Balaban J connectivity index is 1.54. The number of ether oxygens (including phenoxy) is 2. The van der Waals surface area contributed by atoms with Gasteiger partial charge in [0.2, 0.25) is 0 Å². The van der Waals surface area contributed by atoms with E-state index in [1.54, 1.807) is 24.3 Å². The van der Waals surface area contributed by atoms with Crippen molar-refractivity contribution < 1.29 is 23.9 Å². The van der Waals surface area contributed by atoms with Crippen LogP contribution in [0.1, 0.15) is 23.6 Å². The predicted octanol–water partition coefficient (Wildman–Crippen LogP) is 5.02. The van der Waals surface area contributed by atoms with Gasteiger partial charge in [-0.3, -0.25) is 24.6 Å². The number of nitrogens with zero attached hydrogens (tertiary/aromatic N) is 1. The van der Waals surface area contributed by atoms with E-state index in [-0.39, 0.29) is 23.2 Å². The molecule has 3 aromatic carbocycles. The summed E-state index contributed by atoms with van der Waals surface area (Å²) in [6.45, 7) is 3.78. The fourth-order valence-corrected chi connectivity index (χ4v) is 4.94. The lowest BCUT2D eigenvalue weighted by molar-refractivity contribution is -0.122. The number of anilines is 2. The molecule has 0 aliphatic carbocycles. The van der Waals surface area contributed by atoms with Gasteiger partial charge in [-0.2, -0.15) is 0 Å². The lowest BCUT2D eigenvalue weighted by Gasteiger charge is -2.29. The molecular weight excluding hydrogens is 629 g/mol. The number of carbonyl (C=O) groups excluding carboxylic acids is 3. The fraction of sp³-hybridized carbons (Fsp3) is 0.172. The molecule has 1 aliphatic rings. The largest absolute Gasteiger partial charge is 0.493 e. The molecule has 0 atom stereocenters. The summed E-state index contributed by atoms with van der Waals surface area (Å²) in [7, 11) is 1.47. The number of methoxy groups -OCH3 is 1. The summed E-state index contributed by atoms with van der Waals surface area (Å²) in [5.74, 6) is -0.723. The zero-order chi connectivity index (χ0) is 28.1. The van der Waals surface area contributed by atoms with E-state index in [4.69, 9.17) is 21.7 Å². The molecule has 3 amide bonds. The minimum Gasteiger partial charge on any atom is -0.493 e. The number of amides is 3. The monoisotopic (exact) mass is 655 g/mol. The van der Waals surface area contributed by atoms with Gasteiger partial charge < -0.3 is 14.8 Å². The van der Waals surface area contributed by atoms with Crippen LogP contribution in [0.25, 0.3) is 6.08 Å². The third kappa shape index (κ3) is 6.63. The number of carbonyl (C=O) groups is 3. The minimum absolute atomic E-state index is 0.0196. The van der Waals surface area contributed by atoms with Gasteiger partial charge in [-0.1, -0.05) is 36.8 Å². The summed E-state index contributed by atoms with van der Waals surface area (Å²) >= 11 is 7.35. The van der Waals surface area contributed by atoms with Crippen molar-refractivity contribution in [3.8, 4) is 11.5 Å². The first kappa shape index (κ1) is 28.2. The van der Waals surface area contributed by atoms with Crippen LogP contribution in [0.3, 0.4) is 0 Å². The summed E-state index contributed by atoms with van der Waals surface area (Å²) in [5, 5.41) is 5.40. The Morgan fingerprint density at radius 2 is 1.79 bits per heavy atom. The van der Waals surface area contributed by atoms with Gasteiger partial charge in [-0.05, 0) is 102 Å². The molecule has 4 rings (SSSR count). The van der Waals surface area contributed by atoms with Crippen LogP contribution in [0.2, 0.25) is 0 Å². The maximum absolute atomic E-state index is 13.4. The van der Waals surface area contributed by atoms with Crippen LogP contribution in [0.15, 0.2) is 66.2 Å². The molecule has 0 radical (unpaired) electrons. The second-order valence-electron chi connectivity index (χ2n) is 8.71. The van der Waals surface area contributed by atoms with E-state index in [9.17, 15) is 14.4 Å². The second kappa shape index (κ2) is 12.4. The van der Waals surface area contributed by atoms with E-state index in [1.165, 1.54) is 18.1 Å². The molecule has 1 fully saturated rings. The molecule has 39 heavy (non-hydrogen) atoms. The van der Waals surface area contributed by atoms with Crippen LogP contribution in [0, 0.1) is 10.5 Å². The van der Waals surface area contributed by atoms with Crippen molar-refractivity contribution in [2.24, 2.45) is 0 Å². The van der Waals surface area contributed by atoms with Crippen LogP contribution in [-0.2, 0) is 20.8 Å². The van der Waals surface area contributed by atoms with Gasteiger partial charge in [-0.15, -0.1) is 0 Å². The first-order chi connectivity index (χ1) is 18.7. The van der Waals surface area contributed by atoms with Crippen molar-refractivity contribution in [1.29, 1.82) is 0 Å². The Hall–Kier alpha value is -3.77. The first-order valence-corrected chi connectivity index (χ1v) is 13.6. The Morgan fingerprint density at radius 1 is 1.10 bits per heavy atom. The topological polar surface area (TPSA) is 97.0 Å². The molecule has 8 nitrogen and oxygen atoms in total. The Bertz CT molecular complexity index is 1470. The summed E-state index contributed by atoms with van der Waals surface area (Å²) in [4.78, 5) is 39.8. The number of aryl methyl sites for hydroxylation is 2. The molecule has 1 saturated heterocycles. The Labute approximate surface area is 245 Å². The maximum atomic E-state index is 13.4. The summed E-state index contributed by atoms with van der Waals surface area (Å²) in [6, 6.07) is 18.2. The van der Waals surface area contributed by atoms with E-state index >= 15 is 0 Å². The van der Waals surface area contributed by atoms with Gasteiger partial charge in [0, 0.05) is 5.69 Å². The lowest BCUT2D eigenvalue weighted by Crippen LogP contribution is -2.54. The van der Waals surface area contributed by atoms with Crippen LogP contribution in [-0.4, -0.2) is 36.6 Å². The third-order valence-electron chi connectivity index (χ3n) is 5.95. The number of nitrogens with one attached hydrogen (secondary N) is 2. The summed E-state index contributed by atoms with van der Waals surface area (Å²) < 4.78 is 11.9. The van der Waals surface area contributed by atoms with Crippen molar-refractivity contribution in [2.45, 2.75) is 20.3 Å². The summed E-state index contributed by atoms with van der Waals surface area (Å²) in [5.41, 5.74) is 3.90. The molecule has 0 spiro atoms. The average Bonchev–Trinajstić information content (AvgIpc) is 2.91. The van der Waals surface area contributed by atoms with E-state index in [1.807, 2.05) is 50.2 Å². The number of hydrogen-bond acceptors (Lipinski definition) is 6. The van der Waals surface area contributed by atoms with Gasteiger partial charge in [0.15, 0.2) is 23.2 Å². The van der Waals surface area contributed by atoms with Gasteiger partial charge in [0.25, 0.3) is 17.7 Å². The maximum Gasteiger partial charge on any atom is 0.270 e. The van der Waals surface area contributed by atoms with Crippen molar-refractivity contribution in [3.05, 3.63) is 86.5 Å². The van der Waals surface area contributed by atoms with Gasteiger partial charge >= 0.3 is 0 Å². The molecule has 200 valence electrons. The highest BCUT2D eigenvalue weighted by molar-refractivity contribution is 14.1. The van der Waals surface area contributed by atoms with Crippen molar-refractivity contribution in [1.82, 2.24) is 5.32 Å². The molecule has 1 aliphatic heterocycles. The first-order valence-electron chi connectivity index (χ1n) is 12.1. The zero-order valence-corrected chi connectivity index (χ0v) is 24.5. The normalized spacial score (nSPS) is 14.3. The Kier molecular flexibility index (Phi) is 8.97. The zero-order valence-electron chi connectivity index (χ0n) is 21.5. The highest BCUT2D eigenvalue weighted by Gasteiger charge is 2.34. The third-order valence-corrected chi connectivity index (χ3v) is 7.04. The van der Waals surface area contributed by atoms with E-state index in [0.717, 1.165) is 17.5 Å². The van der Waals surface area contributed by atoms with E-state index in [2.05, 4.69) is 33.2 Å². The predicted molar refractivity (Wildman–Crippen MR) is 163 cm³/mol. The standard InChI is InChI=1S/C29H26IN3O5S/c1-4-18-7-11-21(12-8-18)33-28(36)22(27(35)32-29(33)39)13-19-14-23(30)26(24(15-19)37-3)38-16-25(34)31-20-9-5-17(2)6-10-20/h5-15H,4,16H2,1-3H3,(H,31,34)(H,32,35,39)/b22-13+. The minimum atomic E-state index is -0.589. The second-order valence-corrected chi connectivity index (χ2v) is 10.3. The summed E-state index contributed by atoms with van der Waals surface area (Å²) in [6.07, 6.45) is 2.34. The molecule has 10 heteroatoms. The number of hydrogen-bond donors (Lipinski definition) is 2. The molecule has 0 aromatic heterocycles. The molecule has 0 bridgehead atoms. The molecule has 3 aromatic rings. The average molecular weight is 656 g/mol. The van der Waals surface area contributed by atoms with Crippen molar-refractivity contribution in [3.63, 3.8) is 0 Å². The SMILES string of the molecule is CCc1ccc(N2C(=O)/C(=C/c3cc(I)c(OCC(=O)Nc4ccc(C)cc4)c(OC)c3)C(=O)NC2=S)cc1. The number of halogens is 1. The van der Waals surface area contributed by atoms with Gasteiger partial charge in [0.1, 0.15) is 5.57 Å². The highest BCUT2D eigenvalue weighted by atomic mass is 127. The van der Waals surface area contributed by atoms with Crippen LogP contribution in [0.5, 0.6) is 11.5 Å². The molecule has 2 N–H and O–H groups in total. The van der Waals surface area contributed by atoms with Crippen molar-refractivity contribution in [2.75, 3.05) is 23.9 Å². The quantitative estimate of drug-likeness (QED) is 0.153. The smallest absolute Gasteiger partial charge is 0.270 e. The van der Waals surface area contributed by atoms with Crippen molar-refractivity contribution >= 4 is 75.1 Å². The van der Waals surface area contributed by atoms with Crippen LogP contribution in [0.4, 0.5) is 11.4 Å². The molecular formula is C29H26IN3O5S. The van der Waals surface area contributed by atoms with E-state index < -0.39 is 11.8 Å². The fourth-order valence-electron chi connectivity index (χ4n) is 3.87. The number of thiocarbonyl (C=S) groups is 1. The van der Waals surface area contributed by atoms with Gasteiger partial charge in [0.05, 0.1) is 16.4 Å². The Morgan fingerprint density at radius 3 is 2.44 bits per heavy atom. The molecule has 0 unspecified atom stereocenters. The van der Waals surface area contributed by atoms with E-state index in [0.29, 0.717) is 32.0 Å². The number of rotatable bonds is 8. The molecule has 0 saturated carbocycles. The lowest BCUT2D eigenvalue weighted by atomic mass is 10.1. The number of benzene rings is 3. The van der Waals surface area contributed by atoms with Crippen LogP contribution < -0.4 is 25.0 Å².